The van der Waals surface area contributed by atoms with E-state index in [2.05, 4.69) is 9.84 Å². The maximum Gasteiger partial charge on any atom is 0.330 e. The zero-order valence-electron chi connectivity index (χ0n) is 10.9. The van der Waals surface area contributed by atoms with Crippen LogP contribution in [0.25, 0.3) is 5.69 Å². The molecule has 20 heavy (non-hydrogen) atoms. The van der Waals surface area contributed by atoms with E-state index in [9.17, 15) is 9.59 Å². The SMILES string of the molecule is COC(=O)[C@@H]1CN1C(=O)c1ccc(-n2cccn2)cc1. The Bertz CT molecular complexity index is 634. The lowest BCUT2D eigenvalue weighted by Gasteiger charge is -2.05. The van der Waals surface area contributed by atoms with Gasteiger partial charge in [-0.05, 0) is 30.3 Å². The van der Waals surface area contributed by atoms with Crippen LogP contribution in [0.2, 0.25) is 0 Å². The number of rotatable bonds is 3. The normalized spacial score (nSPS) is 16.9. The first kappa shape index (κ1) is 12.4. The van der Waals surface area contributed by atoms with Crippen LogP contribution in [0, 0.1) is 0 Å². The van der Waals surface area contributed by atoms with E-state index in [4.69, 9.17) is 0 Å². The Morgan fingerprint density at radius 3 is 2.65 bits per heavy atom. The molecule has 6 heteroatoms. The summed E-state index contributed by atoms with van der Waals surface area (Å²) < 4.78 is 6.33. The number of methoxy groups -OCH3 is 1. The van der Waals surface area contributed by atoms with Crippen molar-refractivity contribution in [2.75, 3.05) is 13.7 Å². The van der Waals surface area contributed by atoms with Gasteiger partial charge < -0.3 is 9.64 Å². The Labute approximate surface area is 115 Å². The molecule has 0 unspecified atom stereocenters. The van der Waals surface area contributed by atoms with E-state index in [1.54, 1.807) is 23.0 Å². The van der Waals surface area contributed by atoms with Crippen molar-refractivity contribution in [1.82, 2.24) is 14.7 Å². The molecule has 0 aliphatic carbocycles. The van der Waals surface area contributed by atoms with Gasteiger partial charge in [-0.1, -0.05) is 0 Å². The van der Waals surface area contributed by atoms with Crippen molar-refractivity contribution in [3.8, 4) is 5.69 Å². The maximum absolute atomic E-state index is 12.1. The molecule has 6 nitrogen and oxygen atoms in total. The number of benzene rings is 1. The highest BCUT2D eigenvalue weighted by atomic mass is 16.5. The fourth-order valence-electron chi connectivity index (χ4n) is 2.05. The summed E-state index contributed by atoms with van der Waals surface area (Å²) in [6.07, 6.45) is 3.52. The lowest BCUT2D eigenvalue weighted by atomic mass is 10.2. The second-order valence-electron chi connectivity index (χ2n) is 4.49. The highest BCUT2D eigenvalue weighted by Gasteiger charge is 2.45. The fraction of sp³-hybridized carbons (Fsp3) is 0.214. The first-order chi connectivity index (χ1) is 9.70. The molecule has 0 N–H and O–H groups in total. The van der Waals surface area contributed by atoms with Gasteiger partial charge in [-0.15, -0.1) is 0 Å². The summed E-state index contributed by atoms with van der Waals surface area (Å²) in [6, 6.07) is 8.49. The van der Waals surface area contributed by atoms with Crippen LogP contribution in [-0.2, 0) is 9.53 Å². The number of amides is 1. The highest BCUT2D eigenvalue weighted by molar-refractivity contribution is 6.00. The molecule has 1 aromatic heterocycles. The molecule has 0 bridgehead atoms. The van der Waals surface area contributed by atoms with Crippen molar-refractivity contribution < 1.29 is 14.3 Å². The number of esters is 1. The molecule has 0 saturated carbocycles. The van der Waals surface area contributed by atoms with E-state index in [0.29, 0.717) is 12.1 Å². The number of aromatic nitrogens is 2. The second kappa shape index (κ2) is 4.80. The van der Waals surface area contributed by atoms with E-state index in [1.807, 2.05) is 24.4 Å². The first-order valence-corrected chi connectivity index (χ1v) is 6.19. The summed E-state index contributed by atoms with van der Waals surface area (Å²) in [5, 5.41) is 4.11. The highest BCUT2D eigenvalue weighted by Crippen LogP contribution is 2.22. The quantitative estimate of drug-likeness (QED) is 0.614. The molecule has 3 rings (SSSR count). The Balaban J connectivity index is 1.73. The topological polar surface area (TPSA) is 64.2 Å². The number of nitrogens with zero attached hydrogens (tertiary/aromatic N) is 3. The molecular formula is C14H13N3O3. The van der Waals surface area contributed by atoms with Gasteiger partial charge in [0.1, 0.15) is 6.04 Å². The number of hydrogen-bond donors (Lipinski definition) is 0. The van der Waals surface area contributed by atoms with Crippen LogP contribution in [0.15, 0.2) is 42.7 Å². The number of carbonyl (C=O) groups is 2. The third-order valence-corrected chi connectivity index (χ3v) is 3.23. The molecule has 1 saturated heterocycles. The molecule has 102 valence electrons. The molecule has 2 heterocycles. The van der Waals surface area contributed by atoms with E-state index < -0.39 is 6.04 Å². The molecular weight excluding hydrogens is 258 g/mol. The molecule has 0 spiro atoms. The van der Waals surface area contributed by atoms with Crippen LogP contribution in [0.5, 0.6) is 0 Å². The van der Waals surface area contributed by atoms with Crippen molar-refractivity contribution in [2.45, 2.75) is 6.04 Å². The third-order valence-electron chi connectivity index (χ3n) is 3.23. The van der Waals surface area contributed by atoms with Gasteiger partial charge in [0.2, 0.25) is 0 Å². The van der Waals surface area contributed by atoms with Crippen LogP contribution in [0.1, 0.15) is 10.4 Å². The Hall–Kier alpha value is -2.63. The number of hydrogen-bond acceptors (Lipinski definition) is 4. The zero-order chi connectivity index (χ0) is 14.1. The first-order valence-electron chi connectivity index (χ1n) is 6.19. The van der Waals surface area contributed by atoms with Crippen molar-refractivity contribution in [3.63, 3.8) is 0 Å². The van der Waals surface area contributed by atoms with Crippen LogP contribution in [-0.4, -0.2) is 46.3 Å². The Morgan fingerprint density at radius 1 is 1.30 bits per heavy atom. The number of carbonyl (C=O) groups excluding carboxylic acids is 2. The minimum Gasteiger partial charge on any atom is -0.467 e. The predicted molar refractivity (Wildman–Crippen MR) is 70.4 cm³/mol. The summed E-state index contributed by atoms with van der Waals surface area (Å²) in [7, 11) is 1.32. The van der Waals surface area contributed by atoms with Crippen molar-refractivity contribution in [3.05, 3.63) is 48.3 Å². The summed E-state index contributed by atoms with van der Waals surface area (Å²) in [6.45, 7) is 0.423. The van der Waals surface area contributed by atoms with E-state index in [-0.39, 0.29) is 11.9 Å². The lowest BCUT2D eigenvalue weighted by Crippen LogP contribution is -2.19. The molecule has 1 fully saturated rings. The smallest absolute Gasteiger partial charge is 0.330 e. The summed E-state index contributed by atoms with van der Waals surface area (Å²) >= 11 is 0. The lowest BCUT2D eigenvalue weighted by molar-refractivity contribution is -0.140. The second-order valence-corrected chi connectivity index (χ2v) is 4.49. The largest absolute Gasteiger partial charge is 0.467 e. The average molecular weight is 271 g/mol. The fourth-order valence-corrected chi connectivity index (χ4v) is 2.05. The van der Waals surface area contributed by atoms with Crippen molar-refractivity contribution in [2.24, 2.45) is 0 Å². The Morgan fingerprint density at radius 2 is 2.05 bits per heavy atom. The monoisotopic (exact) mass is 271 g/mol. The molecule has 1 aromatic carbocycles. The van der Waals surface area contributed by atoms with Crippen LogP contribution in [0.3, 0.4) is 0 Å². The van der Waals surface area contributed by atoms with Crippen molar-refractivity contribution >= 4 is 11.9 Å². The number of ether oxygens (including phenoxy) is 1. The Kier molecular flexibility index (Phi) is 2.98. The van der Waals surface area contributed by atoms with Gasteiger partial charge in [-0.25, -0.2) is 9.48 Å². The minimum absolute atomic E-state index is 0.160. The van der Waals surface area contributed by atoms with Gasteiger partial charge in [0, 0.05) is 18.0 Å². The van der Waals surface area contributed by atoms with Gasteiger partial charge in [0.05, 0.1) is 19.3 Å². The van der Waals surface area contributed by atoms with Gasteiger partial charge in [0.15, 0.2) is 0 Å². The zero-order valence-corrected chi connectivity index (χ0v) is 10.9. The van der Waals surface area contributed by atoms with Gasteiger partial charge in [-0.2, -0.15) is 5.10 Å². The summed E-state index contributed by atoms with van der Waals surface area (Å²) in [4.78, 5) is 24.9. The standard InChI is InChI=1S/C14H13N3O3/c1-20-14(19)12-9-16(12)13(18)10-3-5-11(6-4-10)17-8-2-7-15-17/h2-8,12H,9H2,1H3/t12-,16?/m0/s1. The van der Waals surface area contributed by atoms with Crippen LogP contribution >= 0.6 is 0 Å². The molecule has 0 radical (unpaired) electrons. The van der Waals surface area contributed by atoms with Crippen LogP contribution < -0.4 is 0 Å². The summed E-state index contributed by atoms with van der Waals surface area (Å²) in [5.41, 5.74) is 1.43. The van der Waals surface area contributed by atoms with E-state index in [0.717, 1.165) is 5.69 Å². The van der Waals surface area contributed by atoms with Gasteiger partial charge >= 0.3 is 5.97 Å². The van der Waals surface area contributed by atoms with Gasteiger partial charge in [-0.3, -0.25) is 4.79 Å². The van der Waals surface area contributed by atoms with Crippen LogP contribution in [0.4, 0.5) is 0 Å². The van der Waals surface area contributed by atoms with E-state index in [1.165, 1.54) is 12.0 Å². The molecule has 1 aliphatic heterocycles. The summed E-state index contributed by atoms with van der Waals surface area (Å²) in [5.74, 6) is -0.529. The third kappa shape index (κ3) is 2.16. The predicted octanol–water partition coefficient (Wildman–Crippen LogP) is 0.870. The van der Waals surface area contributed by atoms with Gasteiger partial charge in [0.25, 0.3) is 5.91 Å². The molecule has 1 aliphatic rings. The molecule has 1 amide bonds. The minimum atomic E-state index is -0.432. The maximum atomic E-state index is 12.1. The average Bonchev–Trinajstić information content (AvgIpc) is 3.10. The van der Waals surface area contributed by atoms with Crippen molar-refractivity contribution in [1.29, 1.82) is 0 Å². The molecule has 1 atom stereocenters. The van der Waals surface area contributed by atoms with E-state index >= 15 is 0 Å². The molecule has 2 aromatic rings.